The Morgan fingerprint density at radius 3 is 2.38 bits per heavy atom. The molecule has 0 heterocycles. The van der Waals surface area contributed by atoms with Gasteiger partial charge in [-0.25, -0.2) is 0 Å². The fourth-order valence-corrected chi connectivity index (χ4v) is 3.61. The molecule has 0 bridgehead atoms. The Labute approximate surface area is 99.7 Å². The minimum atomic E-state index is -3.27. The molecular weight excluding hydrogens is 224 g/mol. The van der Waals surface area contributed by atoms with Gasteiger partial charge < -0.3 is 0 Å². The summed E-state index contributed by atoms with van der Waals surface area (Å²) >= 11 is 0. The SMILES string of the molecule is CCCCCCOS(=O)(=O)C1CCCCC1. The van der Waals surface area contributed by atoms with Crippen molar-refractivity contribution in [2.45, 2.75) is 70.0 Å². The standard InChI is InChI=1S/C12H24O3S/c1-2-3-4-8-11-15-16(13,14)12-9-6-5-7-10-12/h12H,2-11H2,1H3. The molecule has 0 atom stereocenters. The molecule has 4 heteroatoms. The predicted octanol–water partition coefficient (Wildman–Crippen LogP) is 3.25. The fraction of sp³-hybridized carbons (Fsp3) is 1.00. The first-order valence-electron chi connectivity index (χ1n) is 6.55. The summed E-state index contributed by atoms with van der Waals surface area (Å²) in [5.74, 6) is 0. The predicted molar refractivity (Wildman–Crippen MR) is 65.9 cm³/mol. The van der Waals surface area contributed by atoms with E-state index >= 15 is 0 Å². The molecule has 0 N–H and O–H groups in total. The first-order valence-corrected chi connectivity index (χ1v) is 8.02. The van der Waals surface area contributed by atoms with E-state index in [2.05, 4.69) is 6.92 Å². The summed E-state index contributed by atoms with van der Waals surface area (Å²) in [6.07, 6.45) is 9.06. The normalized spacial score (nSPS) is 18.8. The molecule has 0 aliphatic heterocycles. The zero-order valence-electron chi connectivity index (χ0n) is 10.3. The molecule has 1 saturated carbocycles. The van der Waals surface area contributed by atoms with Crippen molar-refractivity contribution < 1.29 is 12.6 Å². The number of unbranched alkanes of at least 4 members (excludes halogenated alkanes) is 3. The summed E-state index contributed by atoms with van der Waals surface area (Å²) in [5.41, 5.74) is 0. The van der Waals surface area contributed by atoms with Crippen molar-refractivity contribution in [3.05, 3.63) is 0 Å². The average Bonchev–Trinajstić information content (AvgIpc) is 2.30. The van der Waals surface area contributed by atoms with Crippen molar-refractivity contribution in [2.75, 3.05) is 6.61 Å². The Kier molecular flexibility index (Phi) is 6.36. The van der Waals surface area contributed by atoms with E-state index in [1.54, 1.807) is 0 Å². The molecule has 0 saturated heterocycles. The van der Waals surface area contributed by atoms with Crippen molar-refractivity contribution >= 4 is 10.1 Å². The van der Waals surface area contributed by atoms with E-state index < -0.39 is 10.1 Å². The summed E-state index contributed by atoms with van der Waals surface area (Å²) in [7, 11) is -3.27. The highest BCUT2D eigenvalue weighted by atomic mass is 32.2. The van der Waals surface area contributed by atoms with Crippen LogP contribution in [-0.2, 0) is 14.3 Å². The van der Waals surface area contributed by atoms with Crippen LogP contribution < -0.4 is 0 Å². The summed E-state index contributed by atoms with van der Waals surface area (Å²) in [6, 6.07) is 0. The Balaban J connectivity index is 2.22. The molecule has 1 aliphatic rings. The van der Waals surface area contributed by atoms with Crippen LogP contribution in [0.4, 0.5) is 0 Å². The quantitative estimate of drug-likeness (QED) is 0.513. The van der Waals surface area contributed by atoms with Gasteiger partial charge in [-0.05, 0) is 19.3 Å². The minimum Gasteiger partial charge on any atom is -0.270 e. The van der Waals surface area contributed by atoms with Gasteiger partial charge in [-0.1, -0.05) is 45.4 Å². The molecule has 3 nitrogen and oxygen atoms in total. The Hall–Kier alpha value is -0.0900. The molecule has 1 aliphatic carbocycles. The molecule has 0 unspecified atom stereocenters. The average molecular weight is 248 g/mol. The van der Waals surface area contributed by atoms with E-state index in [1.165, 1.54) is 6.42 Å². The molecule has 96 valence electrons. The van der Waals surface area contributed by atoms with E-state index in [0.717, 1.165) is 51.4 Å². The van der Waals surface area contributed by atoms with Crippen LogP contribution in [0.3, 0.4) is 0 Å². The van der Waals surface area contributed by atoms with Gasteiger partial charge in [0.15, 0.2) is 0 Å². The summed E-state index contributed by atoms with van der Waals surface area (Å²) < 4.78 is 28.7. The van der Waals surface area contributed by atoms with Crippen molar-refractivity contribution in [3.8, 4) is 0 Å². The Bertz CT molecular complexity index is 266. The lowest BCUT2D eigenvalue weighted by Crippen LogP contribution is -2.26. The second-order valence-electron chi connectivity index (χ2n) is 4.64. The van der Waals surface area contributed by atoms with E-state index in [1.807, 2.05) is 0 Å². The Morgan fingerprint density at radius 2 is 1.75 bits per heavy atom. The fourth-order valence-electron chi connectivity index (χ4n) is 2.15. The number of rotatable bonds is 7. The molecular formula is C12H24O3S. The van der Waals surface area contributed by atoms with Crippen LogP contribution in [0, 0.1) is 0 Å². The molecule has 0 aromatic carbocycles. The van der Waals surface area contributed by atoms with Crippen molar-refractivity contribution in [1.29, 1.82) is 0 Å². The highest BCUT2D eigenvalue weighted by molar-refractivity contribution is 7.87. The second kappa shape index (κ2) is 7.28. The summed E-state index contributed by atoms with van der Waals surface area (Å²) in [6.45, 7) is 2.51. The zero-order chi connectivity index (χ0) is 11.9. The number of hydrogen-bond acceptors (Lipinski definition) is 3. The van der Waals surface area contributed by atoms with Crippen LogP contribution in [0.2, 0.25) is 0 Å². The third-order valence-electron chi connectivity index (χ3n) is 3.21. The maximum Gasteiger partial charge on any atom is 0.270 e. The van der Waals surface area contributed by atoms with Gasteiger partial charge in [0.25, 0.3) is 10.1 Å². The summed E-state index contributed by atoms with van der Waals surface area (Å²) in [4.78, 5) is 0. The molecule has 1 rings (SSSR count). The molecule has 1 fully saturated rings. The first-order chi connectivity index (χ1) is 7.67. The van der Waals surface area contributed by atoms with Gasteiger partial charge in [0, 0.05) is 0 Å². The largest absolute Gasteiger partial charge is 0.270 e. The van der Waals surface area contributed by atoms with Gasteiger partial charge in [0.2, 0.25) is 0 Å². The van der Waals surface area contributed by atoms with Crippen molar-refractivity contribution in [2.24, 2.45) is 0 Å². The second-order valence-corrected chi connectivity index (χ2v) is 6.52. The Morgan fingerprint density at radius 1 is 1.06 bits per heavy atom. The molecule has 0 radical (unpaired) electrons. The van der Waals surface area contributed by atoms with Crippen molar-refractivity contribution in [3.63, 3.8) is 0 Å². The first kappa shape index (κ1) is 14.0. The molecule has 16 heavy (non-hydrogen) atoms. The van der Waals surface area contributed by atoms with Crippen LogP contribution in [0.15, 0.2) is 0 Å². The van der Waals surface area contributed by atoms with Crippen LogP contribution in [0.1, 0.15) is 64.7 Å². The molecule has 0 aromatic heterocycles. The molecule has 0 spiro atoms. The van der Waals surface area contributed by atoms with Gasteiger partial charge >= 0.3 is 0 Å². The lowest BCUT2D eigenvalue weighted by molar-refractivity contribution is 0.294. The van der Waals surface area contributed by atoms with E-state index in [0.29, 0.717) is 6.61 Å². The van der Waals surface area contributed by atoms with E-state index in [4.69, 9.17) is 4.18 Å². The van der Waals surface area contributed by atoms with Crippen LogP contribution in [0.5, 0.6) is 0 Å². The van der Waals surface area contributed by atoms with Crippen LogP contribution in [0.25, 0.3) is 0 Å². The smallest absolute Gasteiger partial charge is 0.270 e. The zero-order valence-corrected chi connectivity index (χ0v) is 11.1. The van der Waals surface area contributed by atoms with Crippen LogP contribution in [-0.4, -0.2) is 20.3 Å². The van der Waals surface area contributed by atoms with Gasteiger partial charge in [-0.3, -0.25) is 4.18 Å². The monoisotopic (exact) mass is 248 g/mol. The van der Waals surface area contributed by atoms with Gasteiger partial charge in [0.1, 0.15) is 0 Å². The number of hydrogen-bond donors (Lipinski definition) is 0. The van der Waals surface area contributed by atoms with Gasteiger partial charge in [0.05, 0.1) is 11.9 Å². The third kappa shape index (κ3) is 4.83. The highest BCUT2D eigenvalue weighted by Gasteiger charge is 2.27. The topological polar surface area (TPSA) is 43.4 Å². The van der Waals surface area contributed by atoms with Gasteiger partial charge in [-0.15, -0.1) is 0 Å². The highest BCUT2D eigenvalue weighted by Crippen LogP contribution is 2.24. The lowest BCUT2D eigenvalue weighted by atomic mass is 10.0. The third-order valence-corrected chi connectivity index (χ3v) is 4.99. The lowest BCUT2D eigenvalue weighted by Gasteiger charge is -2.21. The van der Waals surface area contributed by atoms with Gasteiger partial charge in [-0.2, -0.15) is 8.42 Å². The molecule has 0 aromatic rings. The maximum atomic E-state index is 11.8. The minimum absolute atomic E-state index is 0.229. The van der Waals surface area contributed by atoms with Crippen LogP contribution >= 0.6 is 0 Å². The maximum absolute atomic E-state index is 11.8. The van der Waals surface area contributed by atoms with E-state index in [9.17, 15) is 8.42 Å². The van der Waals surface area contributed by atoms with E-state index in [-0.39, 0.29) is 5.25 Å². The van der Waals surface area contributed by atoms with Crippen molar-refractivity contribution in [1.82, 2.24) is 0 Å². The molecule has 0 amide bonds. The summed E-state index contributed by atoms with van der Waals surface area (Å²) in [5, 5.41) is -0.229.